The summed E-state index contributed by atoms with van der Waals surface area (Å²) < 4.78 is 12.9. The zero-order valence-electron chi connectivity index (χ0n) is 14.5. The first-order valence-electron chi connectivity index (χ1n) is 8.47. The van der Waals surface area contributed by atoms with Gasteiger partial charge in [0.2, 0.25) is 0 Å². The van der Waals surface area contributed by atoms with Gasteiger partial charge in [-0.1, -0.05) is 53.4 Å². The Morgan fingerprint density at radius 1 is 0.909 bits per heavy atom. The highest BCUT2D eigenvalue weighted by molar-refractivity contribution is 7.57. The van der Waals surface area contributed by atoms with Crippen LogP contribution in [0.3, 0.4) is 0 Å². The standard InChI is InChI=1S/C15H34N3O3P/c1-5-13(6-2)11-17-22(21,16-10-9-15(19)20)18-12-14(7-3)8-4/h13-14H,5-12H2,1-4H3,(H,19,20)(H3,16,17,18,21). The van der Waals surface area contributed by atoms with Gasteiger partial charge in [-0.15, -0.1) is 0 Å². The van der Waals surface area contributed by atoms with Crippen LogP contribution >= 0.6 is 7.59 Å². The molecule has 0 unspecified atom stereocenters. The van der Waals surface area contributed by atoms with E-state index < -0.39 is 13.6 Å². The SMILES string of the molecule is CCC(CC)CNP(=O)(NCCC(=O)O)NCC(CC)CC. The van der Waals surface area contributed by atoms with Gasteiger partial charge in [-0.25, -0.2) is 15.3 Å². The predicted molar refractivity (Wildman–Crippen MR) is 92.0 cm³/mol. The maximum Gasteiger partial charge on any atom is 0.304 e. The van der Waals surface area contributed by atoms with E-state index in [1.807, 2.05) is 0 Å². The van der Waals surface area contributed by atoms with Crippen molar-refractivity contribution in [2.75, 3.05) is 19.6 Å². The largest absolute Gasteiger partial charge is 0.481 e. The van der Waals surface area contributed by atoms with E-state index in [1.165, 1.54) is 0 Å². The molecular weight excluding hydrogens is 301 g/mol. The zero-order valence-corrected chi connectivity index (χ0v) is 15.4. The summed E-state index contributed by atoms with van der Waals surface area (Å²) in [6.07, 6.45) is 4.09. The van der Waals surface area contributed by atoms with Crippen molar-refractivity contribution in [1.29, 1.82) is 0 Å². The summed E-state index contributed by atoms with van der Waals surface area (Å²) in [5, 5.41) is 17.8. The van der Waals surface area contributed by atoms with Gasteiger partial charge in [-0.05, 0) is 11.8 Å². The molecule has 0 atom stereocenters. The fraction of sp³-hybridized carbons (Fsp3) is 0.933. The number of carbonyl (C=O) groups is 1. The Morgan fingerprint density at radius 3 is 1.64 bits per heavy atom. The molecular formula is C15H34N3O3P. The van der Waals surface area contributed by atoms with Crippen molar-refractivity contribution in [1.82, 2.24) is 15.3 Å². The molecule has 0 heterocycles. The number of aliphatic carboxylic acids is 1. The van der Waals surface area contributed by atoms with Gasteiger partial charge in [-0.3, -0.25) is 9.36 Å². The van der Waals surface area contributed by atoms with Crippen molar-refractivity contribution in [3.8, 4) is 0 Å². The van der Waals surface area contributed by atoms with Crippen LogP contribution in [0.5, 0.6) is 0 Å². The molecule has 0 fully saturated rings. The predicted octanol–water partition coefficient (Wildman–Crippen LogP) is 3.21. The fourth-order valence-electron chi connectivity index (χ4n) is 2.16. The summed E-state index contributed by atoms with van der Waals surface area (Å²) in [6.45, 7) is 10.0. The van der Waals surface area contributed by atoms with Crippen LogP contribution in [0.1, 0.15) is 59.8 Å². The van der Waals surface area contributed by atoms with E-state index in [1.54, 1.807) is 0 Å². The van der Waals surface area contributed by atoms with Gasteiger partial charge >= 0.3 is 5.97 Å². The molecule has 6 nitrogen and oxygen atoms in total. The average Bonchev–Trinajstić information content (AvgIpc) is 2.49. The topological polar surface area (TPSA) is 90.5 Å². The summed E-state index contributed by atoms with van der Waals surface area (Å²) >= 11 is 0. The Kier molecular flexibility index (Phi) is 11.8. The van der Waals surface area contributed by atoms with E-state index >= 15 is 0 Å². The lowest BCUT2D eigenvalue weighted by Crippen LogP contribution is -2.37. The van der Waals surface area contributed by atoms with Crippen molar-refractivity contribution < 1.29 is 14.5 Å². The Balaban J connectivity index is 4.58. The molecule has 0 aromatic heterocycles. The lowest BCUT2D eigenvalue weighted by Gasteiger charge is -2.25. The summed E-state index contributed by atoms with van der Waals surface area (Å²) in [5.74, 6) is 0.0631. The van der Waals surface area contributed by atoms with Gasteiger partial charge in [0.15, 0.2) is 0 Å². The van der Waals surface area contributed by atoms with Crippen LogP contribution in [0.25, 0.3) is 0 Å². The highest BCUT2D eigenvalue weighted by Crippen LogP contribution is 2.31. The van der Waals surface area contributed by atoms with Crippen molar-refractivity contribution in [2.45, 2.75) is 59.8 Å². The highest BCUT2D eigenvalue weighted by Gasteiger charge is 2.22. The minimum Gasteiger partial charge on any atom is -0.481 e. The summed E-state index contributed by atoms with van der Waals surface area (Å²) in [5.41, 5.74) is 0. The summed E-state index contributed by atoms with van der Waals surface area (Å²) in [6, 6.07) is 0. The van der Waals surface area contributed by atoms with Gasteiger partial charge in [-0.2, -0.15) is 0 Å². The van der Waals surface area contributed by atoms with Crippen LogP contribution in [0.15, 0.2) is 0 Å². The van der Waals surface area contributed by atoms with Crippen LogP contribution in [-0.4, -0.2) is 30.7 Å². The van der Waals surface area contributed by atoms with Gasteiger partial charge in [0.1, 0.15) is 0 Å². The van der Waals surface area contributed by atoms with Gasteiger partial charge < -0.3 is 5.11 Å². The third-order valence-corrected chi connectivity index (χ3v) is 6.11. The molecule has 0 aliphatic rings. The second-order valence-electron chi connectivity index (χ2n) is 5.75. The first-order valence-corrected chi connectivity index (χ1v) is 10.2. The van der Waals surface area contributed by atoms with E-state index in [-0.39, 0.29) is 13.0 Å². The third-order valence-electron chi connectivity index (χ3n) is 4.19. The molecule has 0 bridgehead atoms. The molecule has 4 N–H and O–H groups in total. The lowest BCUT2D eigenvalue weighted by molar-refractivity contribution is -0.136. The molecule has 132 valence electrons. The first-order chi connectivity index (χ1) is 10.4. The van der Waals surface area contributed by atoms with Crippen LogP contribution in [-0.2, 0) is 9.36 Å². The molecule has 0 spiro atoms. The van der Waals surface area contributed by atoms with E-state index in [2.05, 4.69) is 43.0 Å². The number of hydrogen-bond donors (Lipinski definition) is 4. The van der Waals surface area contributed by atoms with Crippen LogP contribution in [0, 0.1) is 11.8 Å². The Morgan fingerprint density at radius 2 is 1.32 bits per heavy atom. The molecule has 0 saturated carbocycles. The molecule has 0 rings (SSSR count). The van der Waals surface area contributed by atoms with Gasteiger partial charge in [0, 0.05) is 19.6 Å². The fourth-order valence-corrected chi connectivity index (χ4v) is 3.95. The number of rotatable bonds is 14. The molecule has 7 heteroatoms. The monoisotopic (exact) mass is 335 g/mol. The second kappa shape index (κ2) is 12.1. The number of carboxylic acids is 1. The van der Waals surface area contributed by atoms with E-state index in [0.29, 0.717) is 24.9 Å². The maximum atomic E-state index is 12.9. The smallest absolute Gasteiger partial charge is 0.304 e. The zero-order chi connectivity index (χ0) is 17.0. The van der Waals surface area contributed by atoms with E-state index in [0.717, 1.165) is 25.7 Å². The van der Waals surface area contributed by atoms with Crippen LogP contribution in [0.2, 0.25) is 0 Å². The van der Waals surface area contributed by atoms with Crippen LogP contribution < -0.4 is 15.3 Å². The van der Waals surface area contributed by atoms with Gasteiger partial charge in [0.25, 0.3) is 7.59 Å². The van der Waals surface area contributed by atoms with Crippen molar-refractivity contribution in [3.63, 3.8) is 0 Å². The molecule has 0 saturated heterocycles. The highest BCUT2D eigenvalue weighted by atomic mass is 31.2. The quantitative estimate of drug-likeness (QED) is 0.364. The number of hydrogen-bond acceptors (Lipinski definition) is 2. The molecule has 0 aliphatic heterocycles. The number of carboxylic acid groups (broad SMARTS) is 1. The van der Waals surface area contributed by atoms with E-state index in [4.69, 9.17) is 5.11 Å². The van der Waals surface area contributed by atoms with Crippen molar-refractivity contribution in [3.05, 3.63) is 0 Å². The summed E-state index contributed by atoms with van der Waals surface area (Å²) in [4.78, 5) is 10.6. The molecule has 0 aromatic carbocycles. The van der Waals surface area contributed by atoms with Crippen molar-refractivity contribution >= 4 is 13.6 Å². The lowest BCUT2D eigenvalue weighted by atomic mass is 10.0. The Bertz CT molecular complexity index is 325. The number of nitrogens with one attached hydrogen (secondary N) is 3. The molecule has 22 heavy (non-hydrogen) atoms. The third kappa shape index (κ3) is 9.57. The minimum atomic E-state index is -2.95. The van der Waals surface area contributed by atoms with E-state index in [9.17, 15) is 9.36 Å². The van der Waals surface area contributed by atoms with Gasteiger partial charge in [0.05, 0.1) is 6.42 Å². The second-order valence-corrected chi connectivity index (χ2v) is 7.92. The molecule has 0 amide bonds. The maximum absolute atomic E-state index is 12.9. The molecule has 0 aromatic rings. The van der Waals surface area contributed by atoms with Crippen molar-refractivity contribution in [2.24, 2.45) is 11.8 Å². The molecule has 0 radical (unpaired) electrons. The minimum absolute atomic E-state index is 0.0384. The molecule has 0 aliphatic carbocycles. The van der Waals surface area contributed by atoms with Crippen LogP contribution in [0.4, 0.5) is 0 Å². The average molecular weight is 335 g/mol. The normalized spacial score (nSPS) is 12.3. The first kappa shape index (κ1) is 21.6. The Labute approximate surface area is 135 Å². The Hall–Kier alpha value is -0.420. The summed E-state index contributed by atoms with van der Waals surface area (Å²) in [7, 11) is -2.95.